The van der Waals surface area contributed by atoms with Crippen LogP contribution in [0.25, 0.3) is 0 Å². The van der Waals surface area contributed by atoms with Gasteiger partial charge in [0.05, 0.1) is 5.92 Å². The van der Waals surface area contributed by atoms with E-state index in [4.69, 9.17) is 5.73 Å². The Balaban J connectivity index is 2.33. The summed E-state index contributed by atoms with van der Waals surface area (Å²) in [4.78, 5) is 12.5. The number of carbonyl (C=O) groups excluding carboxylic acids is 1. The number of nitrogens with two attached hydrogens (primary N) is 1. The Hall–Kier alpha value is -0.570. The fraction of sp³-hybridized carbons (Fsp3) is 0.833. The molecule has 1 fully saturated rings. The van der Waals surface area contributed by atoms with Crippen LogP contribution in [-0.2, 0) is 4.79 Å². The minimum Gasteiger partial charge on any atom is -0.369 e. The van der Waals surface area contributed by atoms with Crippen molar-refractivity contribution in [3.63, 3.8) is 0 Å². The summed E-state index contributed by atoms with van der Waals surface area (Å²) < 4.78 is 0. The van der Waals surface area contributed by atoms with Crippen LogP contribution in [0.2, 0.25) is 0 Å². The first-order valence-corrected chi connectivity index (χ1v) is 3.08. The van der Waals surface area contributed by atoms with Crippen LogP contribution in [0.4, 0.5) is 0 Å². The molecular weight excluding hydrogens is 116 g/mol. The third-order valence-corrected chi connectivity index (χ3v) is 1.79. The molecule has 1 rings (SSSR count). The van der Waals surface area contributed by atoms with Gasteiger partial charge in [-0.2, -0.15) is 0 Å². The van der Waals surface area contributed by atoms with Crippen LogP contribution < -0.4 is 5.73 Å². The van der Waals surface area contributed by atoms with Crippen LogP contribution in [0.1, 0.15) is 6.42 Å². The molecule has 2 N–H and O–H groups in total. The standard InChI is InChI=1S/C6H12N2O/c1-8(2)5-3-4(5)6(7)9/h4-5H,3H2,1-2H3,(H2,7,9). The molecule has 3 nitrogen and oxygen atoms in total. The van der Waals surface area contributed by atoms with Crippen molar-refractivity contribution in [3.8, 4) is 0 Å². The van der Waals surface area contributed by atoms with Gasteiger partial charge >= 0.3 is 0 Å². The predicted molar refractivity (Wildman–Crippen MR) is 34.8 cm³/mol. The maximum atomic E-state index is 10.5. The zero-order valence-corrected chi connectivity index (χ0v) is 5.79. The number of hydrogen-bond donors (Lipinski definition) is 1. The van der Waals surface area contributed by atoms with Crippen LogP contribution in [0.15, 0.2) is 0 Å². The topological polar surface area (TPSA) is 46.3 Å². The van der Waals surface area contributed by atoms with Crippen LogP contribution in [0.5, 0.6) is 0 Å². The molecule has 0 aromatic rings. The molecule has 3 heteroatoms. The maximum Gasteiger partial charge on any atom is 0.222 e. The third kappa shape index (κ3) is 1.21. The molecule has 0 heterocycles. The Morgan fingerprint density at radius 3 is 2.33 bits per heavy atom. The quantitative estimate of drug-likeness (QED) is 0.541. The highest BCUT2D eigenvalue weighted by molar-refractivity contribution is 5.80. The molecule has 0 radical (unpaired) electrons. The Morgan fingerprint density at radius 2 is 2.22 bits per heavy atom. The average molecular weight is 128 g/mol. The zero-order valence-electron chi connectivity index (χ0n) is 5.79. The second-order valence-electron chi connectivity index (χ2n) is 2.78. The smallest absolute Gasteiger partial charge is 0.222 e. The highest BCUT2D eigenvalue weighted by Crippen LogP contribution is 2.33. The van der Waals surface area contributed by atoms with Gasteiger partial charge in [0.2, 0.25) is 5.91 Å². The number of nitrogens with zero attached hydrogens (tertiary/aromatic N) is 1. The van der Waals surface area contributed by atoms with Crippen molar-refractivity contribution < 1.29 is 4.79 Å². The summed E-state index contributed by atoms with van der Waals surface area (Å²) in [5.74, 6) is -0.0336. The number of rotatable bonds is 2. The summed E-state index contributed by atoms with van der Waals surface area (Å²) in [6.07, 6.45) is 0.947. The van der Waals surface area contributed by atoms with Gasteiger partial charge in [-0.15, -0.1) is 0 Å². The van der Waals surface area contributed by atoms with Gasteiger partial charge in [0.1, 0.15) is 0 Å². The van der Waals surface area contributed by atoms with Gasteiger partial charge in [-0.25, -0.2) is 0 Å². The van der Waals surface area contributed by atoms with Gasteiger partial charge in [-0.3, -0.25) is 4.79 Å². The zero-order chi connectivity index (χ0) is 7.02. The molecule has 0 aromatic heterocycles. The summed E-state index contributed by atoms with van der Waals surface area (Å²) >= 11 is 0. The molecule has 52 valence electrons. The van der Waals surface area contributed by atoms with Crippen molar-refractivity contribution in [2.24, 2.45) is 11.7 Å². The van der Waals surface area contributed by atoms with E-state index >= 15 is 0 Å². The summed E-state index contributed by atoms with van der Waals surface area (Å²) in [5.41, 5.74) is 5.06. The lowest BCUT2D eigenvalue weighted by Gasteiger charge is -2.05. The van der Waals surface area contributed by atoms with E-state index in [0.29, 0.717) is 6.04 Å². The van der Waals surface area contributed by atoms with Crippen molar-refractivity contribution in [1.82, 2.24) is 4.90 Å². The number of carbonyl (C=O) groups is 1. The molecule has 0 spiro atoms. The lowest BCUT2D eigenvalue weighted by molar-refractivity contribution is -0.119. The lowest BCUT2D eigenvalue weighted by atomic mass is 10.4. The molecule has 0 aromatic carbocycles. The minimum absolute atomic E-state index is 0.125. The predicted octanol–water partition coefficient (Wildman–Crippen LogP) is -0.578. The maximum absolute atomic E-state index is 10.5. The summed E-state index contributed by atoms with van der Waals surface area (Å²) in [6, 6.07) is 0.419. The second kappa shape index (κ2) is 1.99. The van der Waals surface area contributed by atoms with Crippen LogP contribution in [-0.4, -0.2) is 30.9 Å². The normalized spacial score (nSPS) is 32.8. The highest BCUT2D eigenvalue weighted by atomic mass is 16.1. The minimum atomic E-state index is -0.159. The van der Waals surface area contributed by atoms with Crippen molar-refractivity contribution >= 4 is 5.91 Å². The Bertz CT molecular complexity index is 133. The van der Waals surface area contributed by atoms with E-state index in [2.05, 4.69) is 0 Å². The lowest BCUT2D eigenvalue weighted by Crippen LogP contribution is -2.22. The van der Waals surface area contributed by atoms with Crippen LogP contribution >= 0.6 is 0 Å². The molecule has 1 aliphatic rings. The monoisotopic (exact) mass is 128 g/mol. The van der Waals surface area contributed by atoms with E-state index in [1.807, 2.05) is 19.0 Å². The SMILES string of the molecule is CN(C)C1CC1C(N)=O. The number of primary amides is 1. The van der Waals surface area contributed by atoms with Crippen molar-refractivity contribution in [3.05, 3.63) is 0 Å². The van der Waals surface area contributed by atoms with Crippen LogP contribution in [0, 0.1) is 5.92 Å². The van der Waals surface area contributed by atoms with E-state index in [0.717, 1.165) is 6.42 Å². The van der Waals surface area contributed by atoms with Gasteiger partial charge in [0.15, 0.2) is 0 Å². The van der Waals surface area contributed by atoms with Gasteiger partial charge in [-0.1, -0.05) is 0 Å². The molecule has 1 saturated carbocycles. The fourth-order valence-electron chi connectivity index (χ4n) is 1.06. The Morgan fingerprint density at radius 1 is 1.67 bits per heavy atom. The fourth-order valence-corrected chi connectivity index (χ4v) is 1.06. The van der Waals surface area contributed by atoms with Gasteiger partial charge in [0, 0.05) is 6.04 Å². The van der Waals surface area contributed by atoms with Gasteiger partial charge < -0.3 is 10.6 Å². The summed E-state index contributed by atoms with van der Waals surface area (Å²) in [6.45, 7) is 0. The Kier molecular flexibility index (Phi) is 1.45. The molecule has 0 bridgehead atoms. The van der Waals surface area contributed by atoms with E-state index in [1.54, 1.807) is 0 Å². The molecule has 1 amide bonds. The number of amides is 1. The largest absolute Gasteiger partial charge is 0.369 e. The molecule has 2 unspecified atom stereocenters. The van der Waals surface area contributed by atoms with Crippen LogP contribution in [0.3, 0.4) is 0 Å². The summed E-state index contributed by atoms with van der Waals surface area (Å²) in [5, 5.41) is 0. The first-order valence-electron chi connectivity index (χ1n) is 3.08. The van der Waals surface area contributed by atoms with E-state index in [1.165, 1.54) is 0 Å². The second-order valence-corrected chi connectivity index (χ2v) is 2.78. The van der Waals surface area contributed by atoms with Crippen molar-refractivity contribution in [1.29, 1.82) is 0 Å². The molecule has 9 heavy (non-hydrogen) atoms. The Labute approximate surface area is 54.8 Å². The molecular formula is C6H12N2O. The van der Waals surface area contributed by atoms with Gasteiger partial charge in [-0.05, 0) is 20.5 Å². The van der Waals surface area contributed by atoms with Crippen molar-refractivity contribution in [2.45, 2.75) is 12.5 Å². The van der Waals surface area contributed by atoms with Gasteiger partial charge in [0.25, 0.3) is 0 Å². The van der Waals surface area contributed by atoms with Crippen molar-refractivity contribution in [2.75, 3.05) is 14.1 Å². The van der Waals surface area contributed by atoms with E-state index in [-0.39, 0.29) is 11.8 Å². The summed E-state index contributed by atoms with van der Waals surface area (Å²) in [7, 11) is 3.93. The molecule has 0 saturated heterocycles. The molecule has 1 aliphatic carbocycles. The first-order chi connectivity index (χ1) is 4.13. The molecule has 0 aliphatic heterocycles. The first kappa shape index (κ1) is 6.55. The molecule has 2 atom stereocenters. The highest BCUT2D eigenvalue weighted by Gasteiger charge is 2.42. The van der Waals surface area contributed by atoms with E-state index in [9.17, 15) is 4.79 Å². The van der Waals surface area contributed by atoms with E-state index < -0.39 is 0 Å². The number of hydrogen-bond acceptors (Lipinski definition) is 2. The average Bonchev–Trinajstić information content (AvgIpc) is 2.39. The third-order valence-electron chi connectivity index (χ3n) is 1.79.